The molecule has 6 nitrogen and oxygen atoms in total. The number of alkyl halides is 3. The highest BCUT2D eigenvalue weighted by Gasteiger charge is 2.36. The number of fused-ring (bicyclic) bond motifs is 1. The number of amides is 1. The number of carbonyl (C=O) groups is 1. The van der Waals surface area contributed by atoms with E-state index in [9.17, 15) is 26.4 Å². The summed E-state index contributed by atoms with van der Waals surface area (Å²) in [5, 5.41) is 0. The molecule has 166 valence electrons. The summed E-state index contributed by atoms with van der Waals surface area (Å²) in [5.74, 6) is -1.62. The second kappa shape index (κ2) is 8.01. The van der Waals surface area contributed by atoms with Crippen LogP contribution in [0.15, 0.2) is 59.6 Å². The number of carbonyl (C=O) groups excluding carboxylic acids is 1. The summed E-state index contributed by atoms with van der Waals surface area (Å²) >= 11 is 0. The fourth-order valence-corrected chi connectivity index (χ4v) is 4.24. The number of sulfone groups is 1. The van der Waals surface area contributed by atoms with Gasteiger partial charge in [-0.3, -0.25) is 4.79 Å². The van der Waals surface area contributed by atoms with E-state index in [4.69, 9.17) is 0 Å². The summed E-state index contributed by atoms with van der Waals surface area (Å²) in [4.78, 5) is 21.9. The van der Waals surface area contributed by atoms with Gasteiger partial charge in [0.05, 0.1) is 10.6 Å². The number of nitrogens with zero attached hydrogens (tertiary/aromatic N) is 3. The number of rotatable bonds is 3. The molecule has 0 N–H and O–H groups in total. The molecule has 4 rings (SSSR count). The number of halogens is 3. The molecule has 0 aliphatic carbocycles. The maximum absolute atomic E-state index is 13.4. The topological polar surface area (TPSA) is 80.2 Å². The van der Waals surface area contributed by atoms with Gasteiger partial charge < -0.3 is 4.90 Å². The fourth-order valence-electron chi connectivity index (χ4n) is 3.60. The van der Waals surface area contributed by atoms with Crippen molar-refractivity contribution in [3.05, 3.63) is 77.4 Å². The van der Waals surface area contributed by atoms with Crippen molar-refractivity contribution in [1.29, 1.82) is 0 Å². The first kappa shape index (κ1) is 21.9. The minimum atomic E-state index is -4.64. The first-order valence-electron chi connectivity index (χ1n) is 9.65. The minimum Gasteiger partial charge on any atom is -0.334 e. The Kier molecular flexibility index (Phi) is 5.49. The quantitative estimate of drug-likeness (QED) is 0.593. The van der Waals surface area contributed by atoms with Crippen LogP contribution in [0.25, 0.3) is 11.1 Å². The summed E-state index contributed by atoms with van der Waals surface area (Å²) in [7, 11) is -3.55. The first-order chi connectivity index (χ1) is 15.0. The van der Waals surface area contributed by atoms with Crippen LogP contribution >= 0.6 is 0 Å². The van der Waals surface area contributed by atoms with E-state index >= 15 is 0 Å². The van der Waals surface area contributed by atoms with Crippen LogP contribution in [0.1, 0.15) is 27.4 Å². The molecule has 1 amide bonds. The molecule has 0 spiro atoms. The van der Waals surface area contributed by atoms with E-state index < -0.39 is 27.7 Å². The summed E-state index contributed by atoms with van der Waals surface area (Å²) in [6.45, 7) is 0.182. The van der Waals surface area contributed by atoms with Crippen molar-refractivity contribution < 1.29 is 26.4 Å². The van der Waals surface area contributed by atoms with Crippen LogP contribution < -0.4 is 0 Å². The molecule has 1 aliphatic heterocycles. The number of aromatic nitrogens is 2. The molecule has 1 aliphatic rings. The zero-order valence-corrected chi connectivity index (χ0v) is 17.7. The molecule has 0 saturated carbocycles. The third kappa shape index (κ3) is 4.36. The highest BCUT2D eigenvalue weighted by Crippen LogP contribution is 2.30. The fraction of sp³-hybridized carbons (Fsp3) is 0.227. The average Bonchev–Trinajstić information content (AvgIpc) is 2.77. The van der Waals surface area contributed by atoms with Crippen molar-refractivity contribution >= 4 is 15.7 Å². The van der Waals surface area contributed by atoms with E-state index in [2.05, 4.69) is 9.97 Å². The van der Waals surface area contributed by atoms with Crippen LogP contribution in [0.3, 0.4) is 0 Å². The van der Waals surface area contributed by atoms with Crippen molar-refractivity contribution in [3.8, 4) is 11.1 Å². The molecule has 0 saturated heterocycles. The van der Waals surface area contributed by atoms with Crippen LogP contribution in [0.2, 0.25) is 0 Å². The van der Waals surface area contributed by atoms with Gasteiger partial charge in [0.2, 0.25) is 5.82 Å². The van der Waals surface area contributed by atoms with Gasteiger partial charge in [-0.2, -0.15) is 13.2 Å². The van der Waals surface area contributed by atoms with Crippen molar-refractivity contribution in [2.45, 2.75) is 24.0 Å². The lowest BCUT2D eigenvalue weighted by atomic mass is 9.97. The van der Waals surface area contributed by atoms with Crippen LogP contribution in [0.5, 0.6) is 0 Å². The van der Waals surface area contributed by atoms with Crippen LogP contribution in [0, 0.1) is 0 Å². The standard InChI is InChI=1S/C22H18F3N3O3S/c1-32(30,31)16-7-8-17(14-5-3-2-4-6-14)18(11-16)20(29)28-10-9-19-15(13-28)12-26-21(27-19)22(23,24)25/h2-8,11-12H,9-10,13H2,1H3. The van der Waals surface area contributed by atoms with Gasteiger partial charge in [-0.05, 0) is 23.3 Å². The van der Waals surface area contributed by atoms with Gasteiger partial charge in [-0.1, -0.05) is 36.4 Å². The zero-order chi connectivity index (χ0) is 23.1. The minimum absolute atomic E-state index is 0.0103. The molecule has 32 heavy (non-hydrogen) atoms. The van der Waals surface area contributed by atoms with Gasteiger partial charge in [-0.15, -0.1) is 0 Å². The molecule has 10 heteroatoms. The van der Waals surface area contributed by atoms with E-state index in [0.717, 1.165) is 18.0 Å². The SMILES string of the molecule is CS(=O)(=O)c1ccc(-c2ccccc2)c(C(=O)N2CCc3nc(C(F)(F)F)ncc3C2)c1. The molecular formula is C22H18F3N3O3S. The monoisotopic (exact) mass is 461 g/mol. The molecule has 0 bridgehead atoms. The van der Waals surface area contributed by atoms with Crippen LogP contribution in [0.4, 0.5) is 13.2 Å². The number of hydrogen-bond donors (Lipinski definition) is 0. The van der Waals surface area contributed by atoms with Crippen molar-refractivity contribution in [2.75, 3.05) is 12.8 Å². The third-order valence-electron chi connectivity index (χ3n) is 5.21. The Morgan fingerprint density at radius 1 is 1.09 bits per heavy atom. The Labute approximate surface area is 182 Å². The van der Waals surface area contributed by atoms with E-state index in [1.807, 2.05) is 18.2 Å². The predicted octanol–water partition coefficient (Wildman–Crippen LogP) is 3.76. The molecule has 0 radical (unpaired) electrons. The van der Waals surface area contributed by atoms with Crippen molar-refractivity contribution in [3.63, 3.8) is 0 Å². The Bertz CT molecular complexity index is 1290. The lowest BCUT2D eigenvalue weighted by Crippen LogP contribution is -2.37. The van der Waals surface area contributed by atoms with Gasteiger partial charge in [0, 0.05) is 43.1 Å². The number of hydrogen-bond acceptors (Lipinski definition) is 5. The largest absolute Gasteiger partial charge is 0.451 e. The maximum atomic E-state index is 13.4. The molecule has 1 aromatic heterocycles. The van der Waals surface area contributed by atoms with E-state index in [1.165, 1.54) is 17.0 Å². The Balaban J connectivity index is 1.71. The van der Waals surface area contributed by atoms with Gasteiger partial charge >= 0.3 is 6.18 Å². The molecule has 0 unspecified atom stereocenters. The van der Waals surface area contributed by atoms with Gasteiger partial charge in [0.25, 0.3) is 5.91 Å². The smallest absolute Gasteiger partial charge is 0.334 e. The maximum Gasteiger partial charge on any atom is 0.451 e. The van der Waals surface area contributed by atoms with E-state index in [-0.39, 0.29) is 35.7 Å². The molecule has 2 heterocycles. The molecule has 0 atom stereocenters. The molecule has 2 aromatic carbocycles. The average molecular weight is 461 g/mol. The first-order valence-corrected chi connectivity index (χ1v) is 11.5. The number of benzene rings is 2. The normalized spacial score (nSPS) is 14.2. The third-order valence-corrected chi connectivity index (χ3v) is 6.32. The van der Waals surface area contributed by atoms with Crippen LogP contribution in [-0.2, 0) is 29.0 Å². The molecular weight excluding hydrogens is 443 g/mol. The Morgan fingerprint density at radius 2 is 1.81 bits per heavy atom. The summed E-state index contributed by atoms with van der Waals surface area (Å²) < 4.78 is 62.8. The van der Waals surface area contributed by atoms with Gasteiger partial charge in [-0.25, -0.2) is 18.4 Å². The van der Waals surface area contributed by atoms with Crippen LogP contribution in [-0.4, -0.2) is 42.0 Å². The summed E-state index contributed by atoms with van der Waals surface area (Å²) in [5.41, 5.74) is 2.20. The lowest BCUT2D eigenvalue weighted by Gasteiger charge is -2.29. The van der Waals surface area contributed by atoms with E-state index in [0.29, 0.717) is 11.1 Å². The second-order valence-corrected chi connectivity index (χ2v) is 9.50. The Hall–Kier alpha value is -3.27. The highest BCUT2D eigenvalue weighted by atomic mass is 32.2. The van der Waals surface area contributed by atoms with Gasteiger partial charge in [0.15, 0.2) is 9.84 Å². The second-order valence-electron chi connectivity index (χ2n) is 7.49. The highest BCUT2D eigenvalue weighted by molar-refractivity contribution is 7.90. The van der Waals surface area contributed by atoms with Gasteiger partial charge in [0.1, 0.15) is 0 Å². The van der Waals surface area contributed by atoms with E-state index in [1.54, 1.807) is 18.2 Å². The summed E-state index contributed by atoms with van der Waals surface area (Å²) in [6.07, 6.45) is -2.35. The summed E-state index contributed by atoms with van der Waals surface area (Å²) in [6, 6.07) is 13.4. The zero-order valence-electron chi connectivity index (χ0n) is 16.9. The molecule has 3 aromatic rings. The van der Waals surface area contributed by atoms with Crippen molar-refractivity contribution in [2.24, 2.45) is 0 Å². The Morgan fingerprint density at radius 3 is 2.47 bits per heavy atom. The molecule has 0 fully saturated rings. The van der Waals surface area contributed by atoms with Crippen molar-refractivity contribution in [1.82, 2.24) is 14.9 Å². The lowest BCUT2D eigenvalue weighted by molar-refractivity contribution is -0.145. The predicted molar refractivity (Wildman–Crippen MR) is 110 cm³/mol.